The third-order valence-electron chi connectivity index (χ3n) is 4.18. The zero-order valence-electron chi connectivity index (χ0n) is 11.5. The number of benzene rings is 1. The van der Waals surface area contributed by atoms with Crippen LogP contribution in [0.2, 0.25) is 0 Å². The van der Waals surface area contributed by atoms with Gasteiger partial charge in [-0.2, -0.15) is 0 Å². The first kappa shape index (κ1) is 13.4. The molecule has 3 rings (SSSR count). The van der Waals surface area contributed by atoms with E-state index in [0.717, 1.165) is 31.2 Å². The van der Waals surface area contributed by atoms with Crippen LogP contribution in [0.3, 0.4) is 0 Å². The molecule has 2 aromatic rings. The van der Waals surface area contributed by atoms with Crippen LogP contribution in [0, 0.1) is 0 Å². The highest BCUT2D eigenvalue weighted by molar-refractivity contribution is 7.10. The Morgan fingerprint density at radius 3 is 2.50 bits per heavy atom. The molecular formula is C17H19NOS. The average molecular weight is 285 g/mol. The normalized spacial score (nSPS) is 17.0. The van der Waals surface area contributed by atoms with E-state index in [2.05, 4.69) is 16.8 Å². The van der Waals surface area contributed by atoms with Crippen molar-refractivity contribution in [3.8, 4) is 0 Å². The van der Waals surface area contributed by atoms with Gasteiger partial charge in [-0.1, -0.05) is 49.2 Å². The zero-order valence-corrected chi connectivity index (χ0v) is 12.3. The number of carbonyl (C=O) groups excluding carboxylic acids is 1. The van der Waals surface area contributed by atoms with Crippen molar-refractivity contribution < 1.29 is 4.79 Å². The Kier molecular flexibility index (Phi) is 3.88. The molecule has 0 saturated heterocycles. The van der Waals surface area contributed by atoms with Gasteiger partial charge in [0.1, 0.15) is 0 Å². The number of hydrogen-bond acceptors (Lipinski definition) is 2. The zero-order chi connectivity index (χ0) is 13.8. The number of carbonyl (C=O) groups is 1. The number of nitrogens with one attached hydrogen (secondary N) is 1. The van der Waals surface area contributed by atoms with Crippen LogP contribution in [-0.4, -0.2) is 5.91 Å². The summed E-state index contributed by atoms with van der Waals surface area (Å²) >= 11 is 1.71. The van der Waals surface area contributed by atoms with E-state index in [0.29, 0.717) is 6.54 Å². The predicted octanol–water partition coefficient (Wildman–Crippen LogP) is 3.88. The minimum Gasteiger partial charge on any atom is -0.351 e. The summed E-state index contributed by atoms with van der Waals surface area (Å²) < 4.78 is 0. The molecule has 3 heteroatoms. The van der Waals surface area contributed by atoms with Gasteiger partial charge in [-0.25, -0.2) is 0 Å². The van der Waals surface area contributed by atoms with E-state index >= 15 is 0 Å². The molecule has 1 aliphatic rings. The second kappa shape index (κ2) is 5.80. The minimum atomic E-state index is -0.275. The number of hydrogen-bond donors (Lipinski definition) is 1. The van der Waals surface area contributed by atoms with Gasteiger partial charge >= 0.3 is 0 Å². The van der Waals surface area contributed by atoms with Crippen LogP contribution in [0.15, 0.2) is 47.8 Å². The van der Waals surface area contributed by atoms with Crippen LogP contribution in [0.25, 0.3) is 0 Å². The second-order valence-corrected chi connectivity index (χ2v) is 6.38. The number of thiophene rings is 1. The van der Waals surface area contributed by atoms with Crippen molar-refractivity contribution in [2.45, 2.75) is 37.6 Å². The van der Waals surface area contributed by atoms with Crippen molar-refractivity contribution in [2.75, 3.05) is 0 Å². The van der Waals surface area contributed by atoms with Crippen LogP contribution >= 0.6 is 11.3 Å². The second-order valence-electron chi connectivity index (χ2n) is 5.43. The highest BCUT2D eigenvalue weighted by atomic mass is 32.1. The van der Waals surface area contributed by atoms with Crippen LogP contribution in [0.5, 0.6) is 0 Å². The summed E-state index contributed by atoms with van der Waals surface area (Å²) in [4.78, 5) is 14.0. The fraction of sp³-hybridized carbons (Fsp3) is 0.353. The van der Waals surface area contributed by atoms with E-state index in [1.54, 1.807) is 11.3 Å². The van der Waals surface area contributed by atoms with Gasteiger partial charge < -0.3 is 5.32 Å². The summed E-state index contributed by atoms with van der Waals surface area (Å²) in [5.41, 5.74) is 0.878. The van der Waals surface area contributed by atoms with Gasteiger partial charge in [0.15, 0.2) is 0 Å². The van der Waals surface area contributed by atoms with Gasteiger partial charge in [0.2, 0.25) is 5.91 Å². The Morgan fingerprint density at radius 2 is 1.85 bits per heavy atom. The molecule has 0 atom stereocenters. The molecule has 0 radical (unpaired) electrons. The van der Waals surface area contributed by atoms with E-state index in [1.807, 2.05) is 36.4 Å². The SMILES string of the molecule is O=C(NCc1ccccc1)C1(c2cccs2)CCCC1. The Bertz CT molecular complexity index is 556. The Balaban J connectivity index is 1.74. The lowest BCUT2D eigenvalue weighted by molar-refractivity contribution is -0.126. The van der Waals surface area contributed by atoms with Crippen LogP contribution < -0.4 is 5.32 Å². The van der Waals surface area contributed by atoms with E-state index < -0.39 is 0 Å². The molecule has 1 saturated carbocycles. The first-order valence-corrected chi connectivity index (χ1v) is 8.05. The highest BCUT2D eigenvalue weighted by Crippen LogP contribution is 2.43. The van der Waals surface area contributed by atoms with Gasteiger partial charge in [-0.15, -0.1) is 11.3 Å². The Labute approximate surface area is 123 Å². The molecular weight excluding hydrogens is 266 g/mol. The monoisotopic (exact) mass is 285 g/mol. The molecule has 1 fully saturated rings. The largest absolute Gasteiger partial charge is 0.351 e. The topological polar surface area (TPSA) is 29.1 Å². The van der Waals surface area contributed by atoms with Crippen molar-refractivity contribution >= 4 is 17.2 Å². The molecule has 1 aromatic heterocycles. The number of amides is 1. The average Bonchev–Trinajstić information content (AvgIpc) is 3.17. The first-order chi connectivity index (χ1) is 9.81. The van der Waals surface area contributed by atoms with Crippen molar-refractivity contribution in [1.82, 2.24) is 5.32 Å². The third kappa shape index (κ3) is 2.50. The lowest BCUT2D eigenvalue weighted by Crippen LogP contribution is -2.41. The molecule has 0 unspecified atom stereocenters. The van der Waals surface area contributed by atoms with E-state index in [9.17, 15) is 4.79 Å². The fourth-order valence-electron chi connectivity index (χ4n) is 3.06. The molecule has 1 amide bonds. The molecule has 1 heterocycles. The van der Waals surface area contributed by atoms with Gasteiger partial charge in [-0.3, -0.25) is 4.79 Å². The lowest BCUT2D eigenvalue weighted by Gasteiger charge is -2.26. The third-order valence-corrected chi connectivity index (χ3v) is 5.25. The molecule has 0 spiro atoms. The quantitative estimate of drug-likeness (QED) is 0.907. The molecule has 104 valence electrons. The molecule has 20 heavy (non-hydrogen) atoms. The van der Waals surface area contributed by atoms with Gasteiger partial charge in [-0.05, 0) is 29.9 Å². The van der Waals surface area contributed by atoms with Crippen molar-refractivity contribution in [3.05, 3.63) is 58.3 Å². The molecule has 0 bridgehead atoms. The number of rotatable bonds is 4. The smallest absolute Gasteiger partial charge is 0.231 e. The Hall–Kier alpha value is -1.61. The molecule has 2 nitrogen and oxygen atoms in total. The molecule has 1 aliphatic carbocycles. The minimum absolute atomic E-state index is 0.196. The fourth-order valence-corrected chi connectivity index (χ4v) is 4.05. The van der Waals surface area contributed by atoms with E-state index in [1.165, 1.54) is 4.88 Å². The van der Waals surface area contributed by atoms with Gasteiger partial charge in [0, 0.05) is 11.4 Å². The van der Waals surface area contributed by atoms with Crippen LogP contribution in [-0.2, 0) is 16.8 Å². The summed E-state index contributed by atoms with van der Waals surface area (Å²) in [7, 11) is 0. The summed E-state index contributed by atoms with van der Waals surface area (Å²) in [5.74, 6) is 0.196. The molecule has 1 aromatic carbocycles. The van der Waals surface area contributed by atoms with E-state index in [4.69, 9.17) is 0 Å². The lowest BCUT2D eigenvalue weighted by atomic mass is 9.83. The molecule has 0 aliphatic heterocycles. The van der Waals surface area contributed by atoms with Crippen molar-refractivity contribution in [3.63, 3.8) is 0 Å². The van der Waals surface area contributed by atoms with Crippen LogP contribution in [0.4, 0.5) is 0 Å². The summed E-state index contributed by atoms with van der Waals surface area (Å²) in [5, 5.41) is 5.21. The maximum atomic E-state index is 12.7. The Morgan fingerprint density at radius 1 is 1.10 bits per heavy atom. The highest BCUT2D eigenvalue weighted by Gasteiger charge is 2.43. The maximum absolute atomic E-state index is 12.7. The maximum Gasteiger partial charge on any atom is 0.231 e. The molecule has 1 N–H and O–H groups in total. The predicted molar refractivity (Wildman–Crippen MR) is 82.8 cm³/mol. The van der Waals surface area contributed by atoms with Crippen LogP contribution in [0.1, 0.15) is 36.1 Å². The first-order valence-electron chi connectivity index (χ1n) is 7.17. The summed E-state index contributed by atoms with van der Waals surface area (Å²) in [6, 6.07) is 14.3. The summed E-state index contributed by atoms with van der Waals surface area (Å²) in [6.07, 6.45) is 4.26. The van der Waals surface area contributed by atoms with Crippen molar-refractivity contribution in [2.24, 2.45) is 0 Å². The standard InChI is InChI=1S/C17H19NOS/c19-16(18-13-14-7-2-1-3-8-14)17(10-4-5-11-17)15-9-6-12-20-15/h1-3,6-9,12H,4-5,10-11,13H2,(H,18,19). The van der Waals surface area contributed by atoms with E-state index in [-0.39, 0.29) is 11.3 Å². The van der Waals surface area contributed by atoms with Crippen molar-refractivity contribution in [1.29, 1.82) is 0 Å². The van der Waals surface area contributed by atoms with Gasteiger partial charge in [0.05, 0.1) is 5.41 Å². The summed E-state index contributed by atoms with van der Waals surface area (Å²) in [6.45, 7) is 0.618. The van der Waals surface area contributed by atoms with Gasteiger partial charge in [0.25, 0.3) is 0 Å².